The van der Waals surface area contributed by atoms with Gasteiger partial charge in [-0.25, -0.2) is 0 Å². The summed E-state index contributed by atoms with van der Waals surface area (Å²) in [6, 6.07) is 10.4. The molecule has 2 aliphatic carbocycles. The van der Waals surface area contributed by atoms with E-state index in [4.69, 9.17) is 0 Å². The van der Waals surface area contributed by atoms with Gasteiger partial charge in [0.15, 0.2) is 0 Å². The lowest BCUT2D eigenvalue weighted by molar-refractivity contribution is 0.333. The van der Waals surface area contributed by atoms with Gasteiger partial charge in [0, 0.05) is 6.42 Å². The van der Waals surface area contributed by atoms with Gasteiger partial charge >= 0.3 is 0 Å². The molecule has 3 nitrogen and oxygen atoms in total. The van der Waals surface area contributed by atoms with Crippen molar-refractivity contribution in [3.63, 3.8) is 0 Å². The van der Waals surface area contributed by atoms with E-state index < -0.39 is 0 Å². The Morgan fingerprint density at radius 3 is 2.67 bits per heavy atom. The molecule has 3 N–H and O–H groups in total. The third-order valence-corrected chi connectivity index (χ3v) is 4.84. The van der Waals surface area contributed by atoms with Crippen LogP contribution in [0.4, 0.5) is 0 Å². The maximum Gasteiger partial charge on any atom is 0.126 e. The maximum absolute atomic E-state index is 10.3. The molecule has 0 fully saturated rings. The van der Waals surface area contributed by atoms with E-state index in [1.165, 1.54) is 5.56 Å². The summed E-state index contributed by atoms with van der Waals surface area (Å²) in [5.74, 6) is 1.01. The highest BCUT2D eigenvalue weighted by molar-refractivity contribution is 5.62. The van der Waals surface area contributed by atoms with Gasteiger partial charge in [0.2, 0.25) is 0 Å². The molecule has 21 heavy (non-hydrogen) atoms. The fourth-order valence-electron chi connectivity index (χ4n) is 3.89. The number of aliphatic hydroxyl groups excluding tert-OH is 2. The predicted octanol–water partition coefficient (Wildman–Crippen LogP) is 3.70. The average Bonchev–Trinajstić information content (AvgIpc) is 2.74. The molecule has 0 spiro atoms. The van der Waals surface area contributed by atoms with Gasteiger partial charge in [-0.3, -0.25) is 0 Å². The number of benzene rings is 1. The van der Waals surface area contributed by atoms with Crippen molar-refractivity contribution in [1.82, 2.24) is 5.32 Å². The molecule has 1 aromatic rings. The molecule has 0 amide bonds. The minimum atomic E-state index is 0.0942. The molecular weight excluding hydrogens is 262 g/mol. The van der Waals surface area contributed by atoms with E-state index in [0.29, 0.717) is 23.7 Å². The van der Waals surface area contributed by atoms with Gasteiger partial charge < -0.3 is 15.5 Å². The highest BCUT2D eigenvalue weighted by Gasteiger charge is 2.38. The van der Waals surface area contributed by atoms with Crippen molar-refractivity contribution in [2.45, 2.75) is 25.3 Å². The van der Waals surface area contributed by atoms with Gasteiger partial charge in [0.25, 0.3) is 0 Å². The van der Waals surface area contributed by atoms with Crippen LogP contribution in [0.1, 0.15) is 30.9 Å². The van der Waals surface area contributed by atoms with Crippen LogP contribution < -0.4 is 5.32 Å². The van der Waals surface area contributed by atoms with E-state index in [9.17, 15) is 10.2 Å². The molecule has 4 rings (SSSR count). The summed E-state index contributed by atoms with van der Waals surface area (Å²) in [6.45, 7) is 0.958. The van der Waals surface area contributed by atoms with Gasteiger partial charge in [-0.1, -0.05) is 30.3 Å². The van der Waals surface area contributed by atoms with Crippen molar-refractivity contribution in [3.8, 4) is 0 Å². The molecule has 2 atom stereocenters. The standard InChI is InChI=1S/C18H19NO2/c20-14-7-6-11-8-9-19-18(12-4-2-1-3-5-12)13-10-15(21)17(14)16(11)13/h1-5,10-11,18-21H,6-9H2/t11-,18-/m1/s1. The molecular formula is C18H19NO2. The molecule has 1 aromatic carbocycles. The van der Waals surface area contributed by atoms with Crippen LogP contribution in [0.25, 0.3) is 0 Å². The van der Waals surface area contributed by atoms with Gasteiger partial charge in [-0.2, -0.15) is 0 Å². The maximum atomic E-state index is 10.3. The smallest absolute Gasteiger partial charge is 0.126 e. The Hall–Kier alpha value is -2.00. The Morgan fingerprint density at radius 1 is 1.05 bits per heavy atom. The van der Waals surface area contributed by atoms with Crippen LogP contribution in [0, 0.1) is 5.92 Å². The highest BCUT2D eigenvalue weighted by Crippen LogP contribution is 2.48. The fraction of sp³-hybridized carbons (Fsp3) is 0.333. The second-order valence-corrected chi connectivity index (χ2v) is 6.04. The largest absolute Gasteiger partial charge is 0.512 e. The normalized spacial score (nSPS) is 28.3. The third kappa shape index (κ3) is 1.92. The summed E-state index contributed by atoms with van der Waals surface area (Å²) in [5.41, 5.74) is 4.19. The highest BCUT2D eigenvalue weighted by atomic mass is 16.3. The molecule has 1 heterocycles. The Morgan fingerprint density at radius 2 is 1.86 bits per heavy atom. The second-order valence-electron chi connectivity index (χ2n) is 6.04. The van der Waals surface area contributed by atoms with Gasteiger partial charge in [-0.05, 0) is 48.1 Å². The number of hydrogen-bond acceptors (Lipinski definition) is 3. The minimum absolute atomic E-state index is 0.0942. The number of aliphatic hydroxyl groups is 2. The summed E-state index contributed by atoms with van der Waals surface area (Å²) in [6.07, 6.45) is 4.54. The Bertz CT molecular complexity index is 670. The van der Waals surface area contributed by atoms with Crippen molar-refractivity contribution < 1.29 is 10.2 Å². The number of nitrogens with one attached hydrogen (secondary N) is 1. The van der Waals surface area contributed by atoms with Crippen LogP contribution in [-0.2, 0) is 0 Å². The lowest BCUT2D eigenvalue weighted by atomic mass is 9.80. The van der Waals surface area contributed by atoms with Crippen molar-refractivity contribution in [2.24, 2.45) is 5.92 Å². The van der Waals surface area contributed by atoms with Crippen LogP contribution in [0.5, 0.6) is 0 Å². The molecule has 0 aromatic heterocycles. The zero-order chi connectivity index (χ0) is 14.4. The van der Waals surface area contributed by atoms with Crippen molar-refractivity contribution in [2.75, 3.05) is 6.54 Å². The van der Waals surface area contributed by atoms with E-state index in [0.717, 1.165) is 30.5 Å². The monoisotopic (exact) mass is 281 g/mol. The molecule has 0 unspecified atom stereocenters. The zero-order valence-electron chi connectivity index (χ0n) is 11.8. The van der Waals surface area contributed by atoms with Crippen molar-refractivity contribution in [3.05, 3.63) is 70.2 Å². The summed E-state index contributed by atoms with van der Waals surface area (Å²) >= 11 is 0. The van der Waals surface area contributed by atoms with Crippen LogP contribution >= 0.6 is 0 Å². The minimum Gasteiger partial charge on any atom is -0.512 e. The Labute approximate surface area is 124 Å². The van der Waals surface area contributed by atoms with E-state index in [-0.39, 0.29) is 11.8 Å². The summed E-state index contributed by atoms with van der Waals surface area (Å²) in [4.78, 5) is 0. The fourth-order valence-corrected chi connectivity index (χ4v) is 3.89. The van der Waals surface area contributed by atoms with E-state index >= 15 is 0 Å². The molecule has 0 saturated carbocycles. The molecule has 3 heteroatoms. The van der Waals surface area contributed by atoms with Crippen LogP contribution in [0.2, 0.25) is 0 Å². The second kappa shape index (κ2) is 4.78. The summed E-state index contributed by atoms with van der Waals surface area (Å²) in [7, 11) is 0. The molecule has 1 aliphatic heterocycles. The van der Waals surface area contributed by atoms with Crippen LogP contribution in [0.15, 0.2) is 64.6 Å². The number of hydrogen-bond donors (Lipinski definition) is 3. The lowest BCUT2D eigenvalue weighted by Crippen LogP contribution is -2.22. The number of allylic oxidation sites excluding steroid dienone is 2. The van der Waals surface area contributed by atoms with Gasteiger partial charge in [-0.15, -0.1) is 0 Å². The first-order valence-electron chi connectivity index (χ1n) is 7.61. The van der Waals surface area contributed by atoms with Gasteiger partial charge in [0.05, 0.1) is 11.6 Å². The van der Waals surface area contributed by atoms with E-state index in [2.05, 4.69) is 17.4 Å². The van der Waals surface area contributed by atoms with Crippen LogP contribution in [0.3, 0.4) is 0 Å². The van der Waals surface area contributed by atoms with Crippen molar-refractivity contribution in [1.29, 1.82) is 0 Å². The van der Waals surface area contributed by atoms with E-state index in [1.807, 2.05) is 24.3 Å². The summed E-state index contributed by atoms with van der Waals surface area (Å²) < 4.78 is 0. The predicted molar refractivity (Wildman–Crippen MR) is 81.9 cm³/mol. The van der Waals surface area contributed by atoms with E-state index in [1.54, 1.807) is 0 Å². The Kier molecular flexibility index (Phi) is 2.89. The average molecular weight is 281 g/mol. The first-order valence-corrected chi connectivity index (χ1v) is 7.61. The molecule has 0 radical (unpaired) electrons. The Balaban J connectivity index is 1.88. The molecule has 108 valence electrons. The molecule has 3 aliphatic rings. The number of rotatable bonds is 1. The van der Waals surface area contributed by atoms with Gasteiger partial charge in [0.1, 0.15) is 11.5 Å². The topological polar surface area (TPSA) is 52.5 Å². The lowest BCUT2D eigenvalue weighted by Gasteiger charge is -2.25. The quantitative estimate of drug-likeness (QED) is 0.735. The molecule has 0 saturated heterocycles. The SMILES string of the molecule is OC1=CC2=C3C1=C(O)CC[C@@H]3CCN[C@@H]2c1ccccc1. The molecule has 0 bridgehead atoms. The van der Waals surface area contributed by atoms with Crippen molar-refractivity contribution >= 4 is 0 Å². The third-order valence-electron chi connectivity index (χ3n) is 4.84. The first-order chi connectivity index (χ1) is 10.3. The summed E-state index contributed by atoms with van der Waals surface area (Å²) in [5, 5.41) is 24.0. The van der Waals surface area contributed by atoms with Crippen LogP contribution in [-0.4, -0.2) is 16.8 Å². The zero-order valence-corrected chi connectivity index (χ0v) is 11.8. The first kappa shape index (κ1) is 12.7.